The van der Waals surface area contributed by atoms with Crippen molar-refractivity contribution in [2.24, 2.45) is 0 Å². The zero-order chi connectivity index (χ0) is 18.3. The zero-order valence-corrected chi connectivity index (χ0v) is 13.7. The zero-order valence-electron chi connectivity index (χ0n) is 13.7. The first-order valence-corrected chi connectivity index (χ1v) is 7.71. The number of nitrogens with zero attached hydrogens (tertiary/aromatic N) is 3. The van der Waals surface area contributed by atoms with Crippen molar-refractivity contribution in [3.05, 3.63) is 76.6 Å². The summed E-state index contributed by atoms with van der Waals surface area (Å²) >= 11 is 0. The van der Waals surface area contributed by atoms with Gasteiger partial charge in [-0.2, -0.15) is 9.46 Å². The standard InChI is InChI=1S/C18H13N3O5/c1-25-20-11-15(14-4-2-3-5-17(14)20)18(22)26-19-9-8-12-10-13(21(23)24)6-7-16(12)19/h2-11H,1H3. The number of carbonyl (C=O) groups is 1. The van der Waals surface area contributed by atoms with Gasteiger partial charge in [0, 0.05) is 29.1 Å². The van der Waals surface area contributed by atoms with E-state index in [0.29, 0.717) is 21.9 Å². The van der Waals surface area contributed by atoms with Crippen LogP contribution in [0.1, 0.15) is 10.4 Å². The van der Waals surface area contributed by atoms with Crippen LogP contribution in [0.3, 0.4) is 0 Å². The average molecular weight is 351 g/mol. The van der Waals surface area contributed by atoms with Crippen molar-refractivity contribution in [1.29, 1.82) is 0 Å². The Labute approximate surface area is 146 Å². The van der Waals surface area contributed by atoms with Crippen LogP contribution >= 0.6 is 0 Å². The molecule has 0 aliphatic heterocycles. The van der Waals surface area contributed by atoms with Gasteiger partial charge in [-0.15, -0.1) is 0 Å². The van der Waals surface area contributed by atoms with E-state index >= 15 is 0 Å². The Morgan fingerprint density at radius 2 is 1.88 bits per heavy atom. The molecule has 26 heavy (non-hydrogen) atoms. The number of nitro groups is 1. The van der Waals surface area contributed by atoms with E-state index in [4.69, 9.17) is 9.68 Å². The van der Waals surface area contributed by atoms with E-state index in [9.17, 15) is 14.9 Å². The number of aromatic nitrogens is 2. The highest BCUT2D eigenvalue weighted by atomic mass is 16.7. The molecule has 8 nitrogen and oxygen atoms in total. The van der Waals surface area contributed by atoms with E-state index < -0.39 is 10.9 Å². The number of para-hydroxylation sites is 1. The molecule has 0 atom stereocenters. The third-order valence-corrected chi connectivity index (χ3v) is 4.12. The van der Waals surface area contributed by atoms with Gasteiger partial charge in [0.05, 0.1) is 27.7 Å². The third kappa shape index (κ3) is 2.44. The second-order valence-electron chi connectivity index (χ2n) is 5.59. The molecule has 0 N–H and O–H groups in total. The van der Waals surface area contributed by atoms with Crippen LogP contribution in [0.4, 0.5) is 5.69 Å². The van der Waals surface area contributed by atoms with Gasteiger partial charge in [0.15, 0.2) is 0 Å². The fraction of sp³-hybridized carbons (Fsp3) is 0.0556. The molecular formula is C18H13N3O5. The largest absolute Gasteiger partial charge is 0.417 e. The second-order valence-corrected chi connectivity index (χ2v) is 5.59. The fourth-order valence-electron chi connectivity index (χ4n) is 2.90. The smallest absolute Gasteiger partial charge is 0.365 e. The van der Waals surface area contributed by atoms with E-state index in [1.165, 1.54) is 28.7 Å². The molecule has 2 aromatic heterocycles. The summed E-state index contributed by atoms with van der Waals surface area (Å²) < 4.78 is 2.78. The van der Waals surface area contributed by atoms with Gasteiger partial charge < -0.3 is 9.68 Å². The van der Waals surface area contributed by atoms with Gasteiger partial charge in [-0.05, 0) is 18.2 Å². The van der Waals surface area contributed by atoms with Crippen LogP contribution in [-0.4, -0.2) is 27.5 Å². The minimum Gasteiger partial charge on any atom is -0.417 e. The highest BCUT2D eigenvalue weighted by molar-refractivity contribution is 6.04. The molecule has 0 saturated carbocycles. The Hall–Kier alpha value is -3.81. The first kappa shape index (κ1) is 15.7. The lowest BCUT2D eigenvalue weighted by molar-refractivity contribution is -0.384. The van der Waals surface area contributed by atoms with Gasteiger partial charge in [-0.1, -0.05) is 18.2 Å². The molecule has 0 aliphatic rings. The molecule has 0 radical (unpaired) electrons. The van der Waals surface area contributed by atoms with Gasteiger partial charge in [-0.25, -0.2) is 4.79 Å². The van der Waals surface area contributed by atoms with Gasteiger partial charge in [0.2, 0.25) is 0 Å². The van der Waals surface area contributed by atoms with Gasteiger partial charge in [0.1, 0.15) is 7.11 Å². The van der Waals surface area contributed by atoms with Gasteiger partial charge in [0.25, 0.3) is 5.69 Å². The van der Waals surface area contributed by atoms with E-state index in [1.807, 2.05) is 18.2 Å². The lowest BCUT2D eigenvalue weighted by Gasteiger charge is -2.05. The van der Waals surface area contributed by atoms with Crippen molar-refractivity contribution >= 4 is 33.5 Å². The Bertz CT molecular complexity index is 1160. The molecule has 0 unspecified atom stereocenters. The predicted molar refractivity (Wildman–Crippen MR) is 93.9 cm³/mol. The Morgan fingerprint density at radius 1 is 1.08 bits per heavy atom. The highest BCUT2D eigenvalue weighted by Gasteiger charge is 2.18. The molecule has 0 fully saturated rings. The lowest BCUT2D eigenvalue weighted by atomic mass is 10.2. The summed E-state index contributed by atoms with van der Waals surface area (Å²) in [5, 5.41) is 12.2. The number of carbonyl (C=O) groups excluding carboxylic acids is 1. The average Bonchev–Trinajstić information content (AvgIpc) is 3.22. The molecule has 4 aromatic rings. The monoisotopic (exact) mass is 351 g/mol. The summed E-state index contributed by atoms with van der Waals surface area (Å²) in [6, 6.07) is 13.3. The summed E-state index contributed by atoms with van der Waals surface area (Å²) in [5.74, 6) is -0.562. The van der Waals surface area contributed by atoms with Crippen LogP contribution in [0.2, 0.25) is 0 Å². The number of benzene rings is 2. The molecule has 0 saturated heterocycles. The topological polar surface area (TPSA) is 88.5 Å². The number of hydrogen-bond acceptors (Lipinski definition) is 5. The summed E-state index contributed by atoms with van der Waals surface area (Å²) in [4.78, 5) is 33.7. The first-order valence-electron chi connectivity index (χ1n) is 7.71. The molecule has 4 rings (SSSR count). The summed E-state index contributed by atoms with van der Waals surface area (Å²) in [6.45, 7) is 0. The molecule has 0 bridgehead atoms. The van der Waals surface area contributed by atoms with Crippen LogP contribution in [0.15, 0.2) is 60.9 Å². The molecule has 0 amide bonds. The van der Waals surface area contributed by atoms with Crippen molar-refractivity contribution in [1.82, 2.24) is 9.46 Å². The Morgan fingerprint density at radius 3 is 2.65 bits per heavy atom. The van der Waals surface area contributed by atoms with Crippen LogP contribution in [0, 0.1) is 10.1 Å². The van der Waals surface area contributed by atoms with Crippen molar-refractivity contribution in [3.8, 4) is 0 Å². The molecule has 130 valence electrons. The molecule has 2 aromatic carbocycles. The first-order chi connectivity index (χ1) is 12.6. The highest BCUT2D eigenvalue weighted by Crippen LogP contribution is 2.23. The van der Waals surface area contributed by atoms with Crippen molar-refractivity contribution in [3.63, 3.8) is 0 Å². The fourth-order valence-corrected chi connectivity index (χ4v) is 2.90. The maximum atomic E-state index is 12.7. The van der Waals surface area contributed by atoms with Crippen molar-refractivity contribution in [2.45, 2.75) is 0 Å². The van der Waals surface area contributed by atoms with E-state index in [0.717, 1.165) is 5.52 Å². The molecule has 0 aliphatic carbocycles. The van der Waals surface area contributed by atoms with Crippen LogP contribution in [-0.2, 0) is 0 Å². The van der Waals surface area contributed by atoms with E-state index in [-0.39, 0.29) is 5.69 Å². The van der Waals surface area contributed by atoms with Gasteiger partial charge in [-0.3, -0.25) is 10.1 Å². The van der Waals surface area contributed by atoms with Crippen molar-refractivity contribution < 1.29 is 19.4 Å². The second kappa shape index (κ2) is 5.92. The van der Waals surface area contributed by atoms with Crippen LogP contribution in [0.25, 0.3) is 21.8 Å². The summed E-state index contributed by atoms with van der Waals surface area (Å²) in [7, 11) is 1.51. The maximum absolute atomic E-state index is 12.7. The molecule has 0 spiro atoms. The van der Waals surface area contributed by atoms with E-state index in [2.05, 4.69) is 0 Å². The Balaban J connectivity index is 1.71. The number of hydrogen-bond donors (Lipinski definition) is 0. The molecule has 8 heteroatoms. The van der Waals surface area contributed by atoms with Gasteiger partial charge >= 0.3 is 5.97 Å². The quantitative estimate of drug-likeness (QED) is 0.417. The van der Waals surface area contributed by atoms with Crippen LogP contribution < -0.4 is 9.68 Å². The van der Waals surface area contributed by atoms with Crippen LogP contribution in [0.5, 0.6) is 0 Å². The number of nitro benzene ring substituents is 1. The SMILES string of the molecule is COn1cc(C(=O)On2ccc3cc([N+](=O)[O-])ccc32)c2ccccc21. The number of fused-ring (bicyclic) bond motifs is 2. The minimum absolute atomic E-state index is 0.0234. The normalized spacial score (nSPS) is 11.0. The number of non-ortho nitro benzene ring substituents is 1. The third-order valence-electron chi connectivity index (χ3n) is 4.12. The predicted octanol–water partition coefficient (Wildman–Crippen LogP) is 2.83. The molecule has 2 heterocycles. The minimum atomic E-state index is -0.562. The van der Waals surface area contributed by atoms with E-state index in [1.54, 1.807) is 30.6 Å². The Kier molecular flexibility index (Phi) is 3.58. The number of rotatable bonds is 4. The maximum Gasteiger partial charge on any atom is 0.365 e. The lowest BCUT2D eigenvalue weighted by Crippen LogP contribution is -2.18. The van der Waals surface area contributed by atoms with Crippen molar-refractivity contribution in [2.75, 3.05) is 7.11 Å². The summed E-state index contributed by atoms with van der Waals surface area (Å²) in [5.41, 5.74) is 1.63. The molecular weight excluding hydrogens is 338 g/mol. The summed E-state index contributed by atoms with van der Waals surface area (Å²) in [6.07, 6.45) is 3.10.